The highest BCUT2D eigenvalue weighted by atomic mass is 19.1. The lowest BCUT2D eigenvalue weighted by Crippen LogP contribution is -2.14. The molecule has 3 rings (SSSR count). The number of hydrogen-bond donors (Lipinski definition) is 1. The molecule has 2 aromatic carbocycles. The lowest BCUT2D eigenvalue weighted by atomic mass is 10.1. The zero-order valence-corrected chi connectivity index (χ0v) is 14.8. The highest BCUT2D eigenvalue weighted by molar-refractivity contribution is 6.06. The summed E-state index contributed by atoms with van der Waals surface area (Å²) in [5, 5.41) is 6.69. The smallest absolute Gasteiger partial charge is 0.259 e. The number of nitrogens with zero attached hydrogens (tertiary/aromatic N) is 1. The fourth-order valence-corrected chi connectivity index (χ4v) is 2.59. The van der Waals surface area contributed by atoms with E-state index in [0.717, 1.165) is 11.3 Å². The van der Waals surface area contributed by atoms with Crippen LogP contribution in [-0.2, 0) is 6.61 Å². The van der Waals surface area contributed by atoms with Gasteiger partial charge >= 0.3 is 0 Å². The van der Waals surface area contributed by atoms with Gasteiger partial charge in [-0.15, -0.1) is 0 Å². The Morgan fingerprint density at radius 3 is 2.65 bits per heavy atom. The first-order chi connectivity index (χ1) is 12.5. The van der Waals surface area contributed by atoms with E-state index in [4.69, 9.17) is 9.26 Å². The van der Waals surface area contributed by atoms with E-state index < -0.39 is 0 Å². The van der Waals surface area contributed by atoms with Crippen LogP contribution < -0.4 is 10.1 Å². The average Bonchev–Trinajstić information content (AvgIpc) is 2.94. The monoisotopic (exact) mass is 354 g/mol. The van der Waals surface area contributed by atoms with Gasteiger partial charge in [0.15, 0.2) is 0 Å². The second-order valence-electron chi connectivity index (χ2n) is 6.00. The molecular weight excluding hydrogens is 335 g/mol. The fourth-order valence-electron chi connectivity index (χ4n) is 2.59. The van der Waals surface area contributed by atoms with Crippen LogP contribution in [-0.4, -0.2) is 11.1 Å². The number of para-hydroxylation sites is 1. The largest absolute Gasteiger partial charge is 0.488 e. The maximum Gasteiger partial charge on any atom is 0.259 e. The summed E-state index contributed by atoms with van der Waals surface area (Å²) in [6, 6.07) is 11.2. The van der Waals surface area contributed by atoms with Crippen molar-refractivity contribution in [2.45, 2.75) is 27.4 Å². The molecule has 0 aliphatic rings. The second-order valence-corrected chi connectivity index (χ2v) is 6.00. The van der Waals surface area contributed by atoms with E-state index in [2.05, 4.69) is 10.5 Å². The van der Waals surface area contributed by atoms with Crippen molar-refractivity contribution in [1.29, 1.82) is 0 Å². The summed E-state index contributed by atoms with van der Waals surface area (Å²) in [4.78, 5) is 12.7. The van der Waals surface area contributed by atoms with Gasteiger partial charge in [0.25, 0.3) is 5.91 Å². The Kier molecular flexibility index (Phi) is 5.02. The van der Waals surface area contributed by atoms with Gasteiger partial charge in [0.2, 0.25) is 0 Å². The third-order valence-corrected chi connectivity index (χ3v) is 4.12. The molecule has 0 atom stereocenters. The summed E-state index contributed by atoms with van der Waals surface area (Å²) >= 11 is 0. The first-order valence-electron chi connectivity index (χ1n) is 8.17. The van der Waals surface area contributed by atoms with Crippen molar-refractivity contribution in [1.82, 2.24) is 5.16 Å². The Balaban J connectivity index is 1.79. The molecular formula is C20H19FN2O3. The number of aryl methyl sites for hydroxylation is 3. The first-order valence-corrected chi connectivity index (χ1v) is 8.17. The average molecular weight is 354 g/mol. The number of aromatic nitrogens is 1. The summed E-state index contributed by atoms with van der Waals surface area (Å²) in [5.74, 6) is 0.467. The molecule has 0 aliphatic heterocycles. The van der Waals surface area contributed by atoms with Gasteiger partial charge in [-0.05, 0) is 56.7 Å². The summed E-state index contributed by atoms with van der Waals surface area (Å²) < 4.78 is 24.2. The number of carbonyl (C=O) groups is 1. The van der Waals surface area contributed by atoms with E-state index in [1.807, 2.05) is 13.8 Å². The van der Waals surface area contributed by atoms with Crippen LogP contribution in [0, 0.1) is 26.6 Å². The van der Waals surface area contributed by atoms with Crippen molar-refractivity contribution in [2.75, 3.05) is 5.32 Å². The molecule has 0 fully saturated rings. The van der Waals surface area contributed by atoms with Crippen LogP contribution in [0.5, 0.6) is 5.75 Å². The Morgan fingerprint density at radius 2 is 1.96 bits per heavy atom. The van der Waals surface area contributed by atoms with Crippen LogP contribution in [0.3, 0.4) is 0 Å². The van der Waals surface area contributed by atoms with Crippen molar-refractivity contribution in [3.63, 3.8) is 0 Å². The van der Waals surface area contributed by atoms with Gasteiger partial charge < -0.3 is 14.6 Å². The molecule has 26 heavy (non-hydrogen) atoms. The molecule has 1 N–H and O–H groups in total. The molecule has 1 aromatic heterocycles. The van der Waals surface area contributed by atoms with E-state index in [9.17, 15) is 9.18 Å². The van der Waals surface area contributed by atoms with Gasteiger partial charge in [-0.1, -0.05) is 17.3 Å². The van der Waals surface area contributed by atoms with Gasteiger partial charge in [0.1, 0.15) is 23.9 Å². The number of hydrogen-bond acceptors (Lipinski definition) is 4. The minimum absolute atomic E-state index is 0.251. The molecule has 0 unspecified atom stereocenters. The van der Waals surface area contributed by atoms with Gasteiger partial charge in [0.05, 0.1) is 16.8 Å². The van der Waals surface area contributed by atoms with Crippen LogP contribution in [0.4, 0.5) is 10.1 Å². The van der Waals surface area contributed by atoms with Gasteiger partial charge in [0, 0.05) is 5.69 Å². The molecule has 6 heteroatoms. The first kappa shape index (κ1) is 17.7. The molecule has 0 saturated heterocycles. The van der Waals surface area contributed by atoms with E-state index >= 15 is 0 Å². The molecule has 0 radical (unpaired) electrons. The van der Waals surface area contributed by atoms with E-state index in [0.29, 0.717) is 28.3 Å². The molecule has 1 amide bonds. The second kappa shape index (κ2) is 7.39. The predicted octanol–water partition coefficient (Wildman–Crippen LogP) is 4.57. The van der Waals surface area contributed by atoms with Crippen LogP contribution in [0.25, 0.3) is 0 Å². The standard InChI is InChI=1S/C20H19FN2O3/c1-12-10-15(21)8-9-18(12)22-20(24)16-6-4-5-7-19(16)25-11-17-13(2)23-26-14(17)3/h4-10H,11H2,1-3H3,(H,22,24). The Morgan fingerprint density at radius 1 is 1.19 bits per heavy atom. The van der Waals surface area contributed by atoms with Gasteiger partial charge in [-0.25, -0.2) is 4.39 Å². The highest BCUT2D eigenvalue weighted by Gasteiger charge is 2.15. The lowest BCUT2D eigenvalue weighted by Gasteiger charge is -2.13. The molecule has 0 bridgehead atoms. The number of benzene rings is 2. The molecule has 5 nitrogen and oxygen atoms in total. The SMILES string of the molecule is Cc1cc(F)ccc1NC(=O)c1ccccc1OCc1c(C)noc1C. The molecule has 0 spiro atoms. The van der Waals surface area contributed by atoms with Gasteiger partial charge in [-0.3, -0.25) is 4.79 Å². The number of carbonyl (C=O) groups excluding carboxylic acids is 1. The number of rotatable bonds is 5. The summed E-state index contributed by atoms with van der Waals surface area (Å²) in [5.41, 5.74) is 3.20. The van der Waals surface area contributed by atoms with Crippen molar-refractivity contribution >= 4 is 11.6 Å². The number of nitrogens with one attached hydrogen (secondary N) is 1. The van der Waals surface area contributed by atoms with Crippen molar-refractivity contribution in [3.8, 4) is 5.75 Å². The Hall–Kier alpha value is -3.15. The van der Waals surface area contributed by atoms with E-state index in [-0.39, 0.29) is 18.3 Å². The Labute approximate surface area is 150 Å². The van der Waals surface area contributed by atoms with E-state index in [1.54, 1.807) is 31.2 Å². The summed E-state index contributed by atoms with van der Waals surface area (Å²) in [7, 11) is 0. The Bertz CT molecular complexity index is 930. The van der Waals surface area contributed by atoms with Crippen LogP contribution in [0.1, 0.15) is 32.9 Å². The predicted molar refractivity (Wildman–Crippen MR) is 95.8 cm³/mol. The van der Waals surface area contributed by atoms with E-state index in [1.165, 1.54) is 18.2 Å². The van der Waals surface area contributed by atoms with Crippen molar-refractivity contribution < 1.29 is 18.4 Å². The zero-order chi connectivity index (χ0) is 18.7. The summed E-state index contributed by atoms with van der Waals surface area (Å²) in [6.45, 7) is 5.64. The molecule has 3 aromatic rings. The van der Waals surface area contributed by atoms with Crippen LogP contribution in [0.2, 0.25) is 0 Å². The molecule has 0 aliphatic carbocycles. The van der Waals surface area contributed by atoms with Crippen molar-refractivity contribution in [3.05, 3.63) is 76.4 Å². The van der Waals surface area contributed by atoms with Crippen molar-refractivity contribution in [2.24, 2.45) is 0 Å². The minimum atomic E-state index is -0.344. The van der Waals surface area contributed by atoms with Crippen LogP contribution in [0.15, 0.2) is 47.0 Å². The molecule has 1 heterocycles. The topological polar surface area (TPSA) is 64.4 Å². The highest BCUT2D eigenvalue weighted by Crippen LogP contribution is 2.23. The number of ether oxygens (including phenoxy) is 1. The third kappa shape index (κ3) is 3.74. The lowest BCUT2D eigenvalue weighted by molar-refractivity contribution is 0.102. The zero-order valence-electron chi connectivity index (χ0n) is 14.8. The van der Waals surface area contributed by atoms with Crippen LogP contribution >= 0.6 is 0 Å². The minimum Gasteiger partial charge on any atom is -0.488 e. The fraction of sp³-hybridized carbons (Fsp3) is 0.200. The maximum absolute atomic E-state index is 13.2. The van der Waals surface area contributed by atoms with Gasteiger partial charge in [-0.2, -0.15) is 0 Å². The third-order valence-electron chi connectivity index (χ3n) is 4.12. The molecule has 0 saturated carbocycles. The maximum atomic E-state index is 13.2. The number of anilines is 1. The summed E-state index contributed by atoms with van der Waals surface area (Å²) in [6.07, 6.45) is 0. The number of amides is 1. The molecule has 134 valence electrons. The normalized spacial score (nSPS) is 10.6. The number of halogens is 1. The quantitative estimate of drug-likeness (QED) is 0.729.